The van der Waals surface area contributed by atoms with Crippen LogP contribution in [0.4, 0.5) is 5.13 Å². The van der Waals surface area contributed by atoms with Crippen molar-refractivity contribution >= 4 is 39.7 Å². The Kier molecular flexibility index (Phi) is 5.30. The SMILES string of the molecule is CCCc1nnsc1C(=O)Nc1nc(-c2ccccc2)c(C(C)=O)s1. The third-order valence-electron chi connectivity index (χ3n) is 3.46. The molecular weight excluding hydrogens is 356 g/mol. The maximum absolute atomic E-state index is 12.5. The maximum Gasteiger partial charge on any atom is 0.271 e. The quantitative estimate of drug-likeness (QED) is 0.659. The van der Waals surface area contributed by atoms with Crippen LogP contribution >= 0.6 is 22.9 Å². The van der Waals surface area contributed by atoms with Gasteiger partial charge in [-0.1, -0.05) is 59.5 Å². The molecule has 0 aliphatic heterocycles. The number of carbonyl (C=O) groups is 2. The molecule has 0 unspecified atom stereocenters. The Morgan fingerprint density at radius 2 is 1.92 bits per heavy atom. The molecule has 0 atom stereocenters. The predicted molar refractivity (Wildman–Crippen MR) is 99.4 cm³/mol. The monoisotopic (exact) mass is 372 g/mol. The lowest BCUT2D eigenvalue weighted by Crippen LogP contribution is -2.12. The van der Waals surface area contributed by atoms with Gasteiger partial charge >= 0.3 is 0 Å². The van der Waals surface area contributed by atoms with Crippen LogP contribution in [0.3, 0.4) is 0 Å². The number of rotatable bonds is 6. The molecule has 0 saturated carbocycles. The summed E-state index contributed by atoms with van der Waals surface area (Å²) in [5.74, 6) is -0.370. The van der Waals surface area contributed by atoms with Gasteiger partial charge in [-0.2, -0.15) is 0 Å². The van der Waals surface area contributed by atoms with Crippen molar-refractivity contribution in [2.45, 2.75) is 26.7 Å². The van der Waals surface area contributed by atoms with E-state index < -0.39 is 0 Å². The number of benzene rings is 1. The number of hydrogen-bond acceptors (Lipinski definition) is 7. The number of nitrogens with one attached hydrogen (secondary N) is 1. The van der Waals surface area contributed by atoms with Gasteiger partial charge in [0, 0.05) is 12.5 Å². The summed E-state index contributed by atoms with van der Waals surface area (Å²) in [6.45, 7) is 3.52. The number of amides is 1. The highest BCUT2D eigenvalue weighted by atomic mass is 32.1. The summed E-state index contributed by atoms with van der Waals surface area (Å²) in [5.41, 5.74) is 2.12. The first-order chi connectivity index (χ1) is 12.1. The van der Waals surface area contributed by atoms with E-state index in [1.54, 1.807) is 0 Å². The topological polar surface area (TPSA) is 84.8 Å². The van der Waals surface area contributed by atoms with Gasteiger partial charge < -0.3 is 0 Å². The van der Waals surface area contributed by atoms with Gasteiger partial charge in [-0.25, -0.2) is 4.98 Å². The van der Waals surface area contributed by atoms with Crippen molar-refractivity contribution < 1.29 is 9.59 Å². The van der Waals surface area contributed by atoms with Crippen molar-refractivity contribution in [3.8, 4) is 11.3 Å². The van der Waals surface area contributed by atoms with Crippen LogP contribution in [-0.4, -0.2) is 26.3 Å². The second-order valence-electron chi connectivity index (χ2n) is 5.37. The normalized spacial score (nSPS) is 10.6. The van der Waals surface area contributed by atoms with E-state index >= 15 is 0 Å². The Labute approximate surface area is 153 Å². The summed E-state index contributed by atoms with van der Waals surface area (Å²) in [6, 6.07) is 9.45. The van der Waals surface area contributed by atoms with Gasteiger partial charge in [-0.05, 0) is 18.0 Å². The lowest BCUT2D eigenvalue weighted by Gasteiger charge is -2.00. The van der Waals surface area contributed by atoms with Crippen LogP contribution in [0.2, 0.25) is 0 Å². The molecule has 0 aliphatic rings. The van der Waals surface area contributed by atoms with Crippen LogP contribution in [-0.2, 0) is 6.42 Å². The summed E-state index contributed by atoms with van der Waals surface area (Å²) < 4.78 is 3.86. The number of aryl methyl sites for hydroxylation is 1. The second kappa shape index (κ2) is 7.62. The Morgan fingerprint density at radius 1 is 1.16 bits per heavy atom. The zero-order chi connectivity index (χ0) is 17.8. The number of carbonyl (C=O) groups excluding carboxylic acids is 2. The van der Waals surface area contributed by atoms with E-state index in [2.05, 4.69) is 19.9 Å². The van der Waals surface area contributed by atoms with E-state index in [9.17, 15) is 9.59 Å². The van der Waals surface area contributed by atoms with Crippen molar-refractivity contribution in [3.05, 3.63) is 45.8 Å². The summed E-state index contributed by atoms with van der Waals surface area (Å²) in [7, 11) is 0. The molecule has 25 heavy (non-hydrogen) atoms. The van der Waals surface area contributed by atoms with Gasteiger partial charge in [-0.15, -0.1) is 5.10 Å². The first-order valence-electron chi connectivity index (χ1n) is 7.80. The number of thiazole rings is 1. The molecule has 3 rings (SSSR count). The molecular formula is C17H16N4O2S2. The summed E-state index contributed by atoms with van der Waals surface area (Å²) in [5, 5.41) is 7.17. The van der Waals surface area contributed by atoms with E-state index in [-0.39, 0.29) is 11.7 Å². The minimum Gasteiger partial charge on any atom is -0.297 e. The molecule has 0 saturated heterocycles. The van der Waals surface area contributed by atoms with Gasteiger partial charge in [-0.3, -0.25) is 14.9 Å². The zero-order valence-corrected chi connectivity index (χ0v) is 15.4. The predicted octanol–water partition coefficient (Wildman–Crippen LogP) is 4.07. The van der Waals surface area contributed by atoms with Crippen LogP contribution in [0.5, 0.6) is 0 Å². The van der Waals surface area contributed by atoms with Gasteiger partial charge in [0.05, 0.1) is 16.3 Å². The number of Topliss-reactive ketones (excluding diaryl/α,β-unsaturated/α-hetero) is 1. The Morgan fingerprint density at radius 3 is 2.60 bits per heavy atom. The molecule has 0 bridgehead atoms. The summed E-state index contributed by atoms with van der Waals surface area (Å²) in [6.07, 6.45) is 1.58. The third-order valence-corrected chi connectivity index (χ3v) is 5.30. The van der Waals surface area contributed by atoms with Crippen LogP contribution in [0.1, 0.15) is 45.3 Å². The van der Waals surface area contributed by atoms with Crippen molar-refractivity contribution in [1.29, 1.82) is 0 Å². The molecule has 0 spiro atoms. The largest absolute Gasteiger partial charge is 0.297 e. The molecule has 0 fully saturated rings. The molecule has 1 N–H and O–H groups in total. The standard InChI is InChI=1S/C17H16N4O2S2/c1-3-7-12-15(25-21-20-12)16(23)19-17-18-13(14(24-17)10(2)22)11-8-5-4-6-9-11/h4-6,8-9H,3,7H2,1-2H3,(H,18,19,23). The molecule has 0 aliphatic carbocycles. The summed E-state index contributed by atoms with van der Waals surface area (Å²) in [4.78, 5) is 29.9. The second-order valence-corrected chi connectivity index (χ2v) is 7.13. The van der Waals surface area contributed by atoms with E-state index in [0.29, 0.717) is 32.7 Å². The number of ketones is 1. The highest BCUT2D eigenvalue weighted by Crippen LogP contribution is 2.32. The highest BCUT2D eigenvalue weighted by molar-refractivity contribution is 7.18. The van der Waals surface area contributed by atoms with Crippen molar-refractivity contribution in [1.82, 2.24) is 14.6 Å². The molecule has 8 heteroatoms. The Balaban J connectivity index is 1.89. The number of anilines is 1. The maximum atomic E-state index is 12.5. The molecule has 2 aromatic heterocycles. The number of nitrogens with zero attached hydrogens (tertiary/aromatic N) is 3. The van der Waals surface area contributed by atoms with Crippen LogP contribution in [0.25, 0.3) is 11.3 Å². The fraction of sp³-hybridized carbons (Fsp3) is 0.235. The minimum absolute atomic E-state index is 0.0806. The van der Waals surface area contributed by atoms with E-state index in [4.69, 9.17) is 0 Å². The molecule has 2 heterocycles. The molecule has 6 nitrogen and oxygen atoms in total. The fourth-order valence-corrected chi connectivity index (χ4v) is 3.82. The Bertz CT molecular complexity index is 903. The third kappa shape index (κ3) is 3.80. The van der Waals surface area contributed by atoms with Crippen LogP contribution < -0.4 is 5.32 Å². The van der Waals surface area contributed by atoms with Crippen LogP contribution in [0.15, 0.2) is 30.3 Å². The minimum atomic E-state index is -0.290. The molecule has 1 amide bonds. The average molecular weight is 372 g/mol. The average Bonchev–Trinajstić information content (AvgIpc) is 3.23. The smallest absolute Gasteiger partial charge is 0.271 e. The van der Waals surface area contributed by atoms with Crippen molar-refractivity contribution in [2.24, 2.45) is 0 Å². The molecule has 128 valence electrons. The highest BCUT2D eigenvalue weighted by Gasteiger charge is 2.20. The Hall–Kier alpha value is -2.45. The van der Waals surface area contributed by atoms with Crippen LogP contribution in [0, 0.1) is 0 Å². The first kappa shape index (κ1) is 17.4. The van der Waals surface area contributed by atoms with E-state index in [1.165, 1.54) is 18.3 Å². The number of hydrogen-bond donors (Lipinski definition) is 1. The van der Waals surface area contributed by atoms with Crippen molar-refractivity contribution in [3.63, 3.8) is 0 Å². The molecule has 1 aromatic carbocycles. The summed E-state index contributed by atoms with van der Waals surface area (Å²) >= 11 is 2.25. The van der Waals surface area contributed by atoms with Crippen molar-refractivity contribution in [2.75, 3.05) is 5.32 Å². The number of aromatic nitrogens is 3. The van der Waals surface area contributed by atoms with E-state index in [1.807, 2.05) is 37.3 Å². The zero-order valence-electron chi connectivity index (χ0n) is 13.8. The molecule has 0 radical (unpaired) electrons. The lowest BCUT2D eigenvalue weighted by molar-refractivity contribution is 0.101. The van der Waals surface area contributed by atoms with Gasteiger partial charge in [0.25, 0.3) is 5.91 Å². The van der Waals surface area contributed by atoms with E-state index in [0.717, 1.165) is 23.5 Å². The van der Waals surface area contributed by atoms with Gasteiger partial charge in [0.1, 0.15) is 4.88 Å². The fourth-order valence-electron chi connectivity index (χ4n) is 2.34. The van der Waals surface area contributed by atoms with Gasteiger partial charge in [0.15, 0.2) is 10.9 Å². The lowest BCUT2D eigenvalue weighted by atomic mass is 10.1. The van der Waals surface area contributed by atoms with Gasteiger partial charge in [0.2, 0.25) is 0 Å². The first-order valence-corrected chi connectivity index (χ1v) is 9.39. The molecule has 3 aromatic rings.